The van der Waals surface area contributed by atoms with Crippen LogP contribution in [0.5, 0.6) is 0 Å². The lowest BCUT2D eigenvalue weighted by Gasteiger charge is -2.31. The summed E-state index contributed by atoms with van der Waals surface area (Å²) in [6, 6.07) is 8.40. The Bertz CT molecular complexity index is 648. The van der Waals surface area contributed by atoms with Crippen molar-refractivity contribution < 1.29 is 4.79 Å². The van der Waals surface area contributed by atoms with Gasteiger partial charge in [0, 0.05) is 47.0 Å². The number of amides is 1. The first-order valence-corrected chi connectivity index (χ1v) is 9.88. The predicted molar refractivity (Wildman–Crippen MR) is 113 cm³/mol. The second-order valence-electron chi connectivity index (χ2n) is 7.80. The number of carbonyl (C=O) groups excluding carboxylic acids is 1. The zero-order chi connectivity index (χ0) is 19.9. The molecule has 1 aromatic carbocycles. The summed E-state index contributed by atoms with van der Waals surface area (Å²) >= 11 is 0. The van der Waals surface area contributed by atoms with Crippen molar-refractivity contribution in [3.63, 3.8) is 0 Å². The highest BCUT2D eigenvalue weighted by Gasteiger charge is 2.42. The first kappa shape index (κ1) is 21.1. The molecule has 27 heavy (non-hydrogen) atoms. The molecule has 1 aliphatic carbocycles. The van der Waals surface area contributed by atoms with Crippen LogP contribution in [-0.2, 0) is 11.3 Å². The molecule has 1 saturated carbocycles. The third-order valence-electron chi connectivity index (χ3n) is 5.21. The lowest BCUT2D eigenvalue weighted by Crippen LogP contribution is -2.49. The van der Waals surface area contributed by atoms with Gasteiger partial charge in [0.25, 0.3) is 0 Å². The molecule has 0 bridgehead atoms. The highest BCUT2D eigenvalue weighted by molar-refractivity contribution is 5.85. The van der Waals surface area contributed by atoms with Gasteiger partial charge in [-0.25, -0.2) is 4.99 Å². The Morgan fingerprint density at radius 3 is 2.44 bits per heavy atom. The molecule has 1 fully saturated rings. The summed E-state index contributed by atoms with van der Waals surface area (Å²) in [5.74, 6) is 0.993. The van der Waals surface area contributed by atoms with Crippen molar-refractivity contribution in [1.29, 1.82) is 0 Å². The summed E-state index contributed by atoms with van der Waals surface area (Å²) in [5, 5.41) is 6.73. The van der Waals surface area contributed by atoms with E-state index in [9.17, 15) is 4.79 Å². The first-order chi connectivity index (χ1) is 12.9. The average molecular weight is 374 g/mol. The van der Waals surface area contributed by atoms with Crippen LogP contribution in [0.15, 0.2) is 29.3 Å². The Labute approximate surface area is 164 Å². The molecule has 0 heterocycles. The fourth-order valence-electron chi connectivity index (χ4n) is 3.69. The molecule has 2 N–H and O–H groups in total. The molecule has 0 atom stereocenters. The minimum Gasteiger partial charge on any atom is -0.378 e. The maximum absolute atomic E-state index is 12.7. The molecule has 2 rings (SSSR count). The molecule has 1 amide bonds. The summed E-state index contributed by atoms with van der Waals surface area (Å²) in [5.41, 5.74) is 2.03. The normalized spacial score (nSPS) is 16.1. The lowest BCUT2D eigenvalue weighted by molar-refractivity contribution is -0.138. The Kier molecular flexibility index (Phi) is 7.51. The minimum atomic E-state index is -0.301. The van der Waals surface area contributed by atoms with Gasteiger partial charge in [-0.1, -0.05) is 25.0 Å². The van der Waals surface area contributed by atoms with Crippen LogP contribution in [0.2, 0.25) is 0 Å². The number of aliphatic imine (C=N–C) groups is 1. The molecule has 0 radical (unpaired) electrons. The summed E-state index contributed by atoms with van der Waals surface area (Å²) in [7, 11) is 7.77. The van der Waals surface area contributed by atoms with Crippen LogP contribution in [0.25, 0.3) is 0 Å². The van der Waals surface area contributed by atoms with Crippen LogP contribution in [0, 0.1) is 5.41 Å². The zero-order valence-electron chi connectivity index (χ0n) is 17.5. The number of benzene rings is 1. The van der Waals surface area contributed by atoms with E-state index in [1.54, 1.807) is 4.90 Å². The van der Waals surface area contributed by atoms with Crippen molar-refractivity contribution in [3.8, 4) is 0 Å². The van der Waals surface area contributed by atoms with Crippen LogP contribution in [0.4, 0.5) is 5.69 Å². The summed E-state index contributed by atoms with van der Waals surface area (Å²) in [6.45, 7) is 4.08. The second-order valence-corrected chi connectivity index (χ2v) is 7.80. The molecule has 150 valence electrons. The molecular formula is C21H35N5O. The number of guanidine groups is 1. The van der Waals surface area contributed by atoms with Crippen molar-refractivity contribution in [2.75, 3.05) is 46.2 Å². The third-order valence-corrected chi connectivity index (χ3v) is 5.21. The molecule has 0 spiro atoms. The van der Waals surface area contributed by atoms with Crippen molar-refractivity contribution in [2.24, 2.45) is 10.4 Å². The average Bonchev–Trinajstić information content (AvgIpc) is 3.13. The largest absolute Gasteiger partial charge is 0.378 e. The highest BCUT2D eigenvalue weighted by Crippen LogP contribution is 2.38. The van der Waals surface area contributed by atoms with Crippen molar-refractivity contribution in [2.45, 2.75) is 39.2 Å². The molecule has 1 aliphatic rings. The SMILES string of the molecule is CCNC(=NCc1cccc(N(C)C)c1)NCC1(C(=O)N(C)C)CCCC1. The number of anilines is 1. The maximum atomic E-state index is 12.7. The molecule has 0 unspecified atom stereocenters. The zero-order valence-corrected chi connectivity index (χ0v) is 17.5. The molecule has 0 saturated heterocycles. The molecule has 6 nitrogen and oxygen atoms in total. The van der Waals surface area contributed by atoms with Gasteiger partial charge in [-0.2, -0.15) is 0 Å². The van der Waals surface area contributed by atoms with Crippen molar-refractivity contribution >= 4 is 17.6 Å². The Balaban J connectivity index is 2.07. The second kappa shape index (κ2) is 9.62. The summed E-state index contributed by atoms with van der Waals surface area (Å²) in [4.78, 5) is 21.3. The van der Waals surface area contributed by atoms with E-state index >= 15 is 0 Å². The van der Waals surface area contributed by atoms with Crippen LogP contribution < -0.4 is 15.5 Å². The molecular weight excluding hydrogens is 338 g/mol. The Morgan fingerprint density at radius 2 is 1.85 bits per heavy atom. The van der Waals surface area contributed by atoms with Gasteiger partial charge >= 0.3 is 0 Å². The van der Waals surface area contributed by atoms with Gasteiger partial charge < -0.3 is 20.4 Å². The smallest absolute Gasteiger partial charge is 0.230 e. The van der Waals surface area contributed by atoms with E-state index in [1.165, 1.54) is 11.3 Å². The quantitative estimate of drug-likeness (QED) is 0.569. The van der Waals surface area contributed by atoms with Gasteiger partial charge in [0.1, 0.15) is 0 Å². The lowest BCUT2D eigenvalue weighted by atomic mass is 9.84. The minimum absolute atomic E-state index is 0.224. The van der Waals surface area contributed by atoms with E-state index in [-0.39, 0.29) is 11.3 Å². The number of nitrogens with zero attached hydrogens (tertiary/aromatic N) is 3. The molecule has 6 heteroatoms. The number of rotatable bonds is 7. The number of carbonyl (C=O) groups is 1. The monoisotopic (exact) mass is 373 g/mol. The number of hydrogen-bond acceptors (Lipinski definition) is 3. The number of hydrogen-bond donors (Lipinski definition) is 2. The highest BCUT2D eigenvalue weighted by atomic mass is 16.2. The van der Waals surface area contributed by atoms with Gasteiger partial charge in [-0.15, -0.1) is 0 Å². The summed E-state index contributed by atoms with van der Waals surface area (Å²) in [6.07, 6.45) is 4.13. The molecule has 0 aromatic heterocycles. The van der Waals surface area contributed by atoms with Crippen LogP contribution in [0.1, 0.15) is 38.2 Å². The van der Waals surface area contributed by atoms with Crippen molar-refractivity contribution in [3.05, 3.63) is 29.8 Å². The van der Waals surface area contributed by atoms with Gasteiger partial charge in [0.15, 0.2) is 5.96 Å². The van der Waals surface area contributed by atoms with E-state index in [0.29, 0.717) is 13.1 Å². The first-order valence-electron chi connectivity index (χ1n) is 9.88. The standard InChI is InChI=1S/C21H35N5O/c1-6-22-20(23-15-17-10-9-11-18(14-17)25(2)3)24-16-21(12-7-8-13-21)19(27)26(4)5/h9-11,14H,6-8,12-13,15-16H2,1-5H3,(H2,22,23,24). The predicted octanol–water partition coefficient (Wildman–Crippen LogP) is 2.46. The Morgan fingerprint density at radius 1 is 1.15 bits per heavy atom. The molecule has 0 aliphatic heterocycles. The van der Waals surface area contributed by atoms with E-state index in [1.807, 2.05) is 28.2 Å². The van der Waals surface area contributed by atoms with Crippen molar-refractivity contribution in [1.82, 2.24) is 15.5 Å². The fraction of sp³-hybridized carbons (Fsp3) is 0.619. The van der Waals surface area contributed by atoms with Gasteiger partial charge in [-0.3, -0.25) is 4.79 Å². The maximum Gasteiger partial charge on any atom is 0.230 e. The van der Waals surface area contributed by atoms with E-state index in [4.69, 9.17) is 4.99 Å². The third kappa shape index (κ3) is 5.62. The van der Waals surface area contributed by atoms with E-state index in [0.717, 1.165) is 38.2 Å². The summed E-state index contributed by atoms with van der Waals surface area (Å²) < 4.78 is 0. The Hall–Kier alpha value is -2.24. The van der Waals surface area contributed by atoms with Gasteiger partial charge in [-0.05, 0) is 37.5 Å². The number of nitrogens with one attached hydrogen (secondary N) is 2. The van der Waals surface area contributed by atoms with Crippen LogP contribution >= 0.6 is 0 Å². The molecule has 1 aromatic rings. The topological polar surface area (TPSA) is 60.0 Å². The van der Waals surface area contributed by atoms with E-state index in [2.05, 4.69) is 46.7 Å². The fourth-order valence-corrected chi connectivity index (χ4v) is 3.69. The van der Waals surface area contributed by atoms with Gasteiger partial charge in [0.05, 0.1) is 12.0 Å². The van der Waals surface area contributed by atoms with E-state index < -0.39 is 0 Å². The van der Waals surface area contributed by atoms with Crippen LogP contribution in [-0.4, -0.2) is 58.0 Å². The van der Waals surface area contributed by atoms with Crippen LogP contribution in [0.3, 0.4) is 0 Å². The van der Waals surface area contributed by atoms with Gasteiger partial charge in [0.2, 0.25) is 5.91 Å².